The van der Waals surface area contributed by atoms with Gasteiger partial charge in [0.15, 0.2) is 0 Å². The first-order valence-electron chi connectivity index (χ1n) is 9.60. The van der Waals surface area contributed by atoms with Crippen LogP contribution in [0.1, 0.15) is 35.1 Å². The number of aromatic nitrogens is 1. The number of hydrogen-bond donors (Lipinski definition) is 1. The summed E-state index contributed by atoms with van der Waals surface area (Å²) >= 11 is 6.04. The normalized spacial score (nSPS) is 15.2. The van der Waals surface area contributed by atoms with E-state index in [0.29, 0.717) is 10.6 Å². The molecule has 1 aliphatic rings. The monoisotopic (exact) mass is 389 g/mol. The predicted octanol–water partition coefficient (Wildman–Crippen LogP) is 3.50. The number of halogens is 1. The lowest BCUT2D eigenvalue weighted by atomic mass is 9.99. The van der Waals surface area contributed by atoms with Crippen molar-refractivity contribution >= 4 is 17.5 Å². The van der Waals surface area contributed by atoms with Crippen molar-refractivity contribution < 1.29 is 9.53 Å². The van der Waals surface area contributed by atoms with E-state index in [-0.39, 0.29) is 5.91 Å². The fourth-order valence-corrected chi connectivity index (χ4v) is 4.10. The van der Waals surface area contributed by atoms with E-state index in [4.69, 9.17) is 22.1 Å². The summed E-state index contributed by atoms with van der Waals surface area (Å²) in [7, 11) is 0. The number of carbonyl (C=O) groups excluding carboxylic acids is 1. The van der Waals surface area contributed by atoms with Gasteiger partial charge in [0, 0.05) is 48.2 Å². The number of ether oxygens (including phenoxy) is 1. The van der Waals surface area contributed by atoms with Crippen molar-refractivity contribution in [1.29, 1.82) is 0 Å². The van der Waals surface area contributed by atoms with Gasteiger partial charge in [-0.2, -0.15) is 0 Å². The lowest BCUT2D eigenvalue weighted by molar-refractivity contribution is 0.0369. The molecule has 2 N–H and O–H groups in total. The maximum absolute atomic E-state index is 12.2. The molecule has 1 aliphatic heterocycles. The first-order chi connectivity index (χ1) is 13.0. The van der Waals surface area contributed by atoms with Gasteiger partial charge >= 0.3 is 0 Å². The van der Waals surface area contributed by atoms with E-state index in [1.54, 1.807) is 0 Å². The Morgan fingerprint density at radius 2 is 1.85 bits per heavy atom. The van der Waals surface area contributed by atoms with E-state index in [1.807, 2.05) is 31.2 Å². The molecule has 0 saturated carbocycles. The Morgan fingerprint density at radius 1 is 1.19 bits per heavy atom. The van der Waals surface area contributed by atoms with Gasteiger partial charge in [0.2, 0.25) is 0 Å². The maximum Gasteiger partial charge on any atom is 0.251 e. The van der Waals surface area contributed by atoms with Crippen LogP contribution in [-0.4, -0.2) is 48.2 Å². The van der Waals surface area contributed by atoms with Gasteiger partial charge in [0.1, 0.15) is 0 Å². The van der Waals surface area contributed by atoms with Crippen molar-refractivity contribution in [3.8, 4) is 11.1 Å². The zero-order valence-electron chi connectivity index (χ0n) is 16.1. The summed E-state index contributed by atoms with van der Waals surface area (Å²) in [5, 5.41) is 0.680. The molecule has 0 spiro atoms. The Bertz CT molecular complexity index is 793. The van der Waals surface area contributed by atoms with E-state index in [0.717, 1.165) is 74.7 Å². The maximum atomic E-state index is 12.2. The smallest absolute Gasteiger partial charge is 0.251 e. The number of carbonyl (C=O) groups is 1. The van der Waals surface area contributed by atoms with Crippen LogP contribution in [0, 0.1) is 6.92 Å². The average molecular weight is 390 g/mol. The highest BCUT2D eigenvalue weighted by Crippen LogP contribution is 2.34. The van der Waals surface area contributed by atoms with Crippen molar-refractivity contribution in [3.05, 3.63) is 46.2 Å². The van der Waals surface area contributed by atoms with Gasteiger partial charge in [-0.3, -0.25) is 9.69 Å². The number of nitrogens with two attached hydrogens (primary N) is 1. The lowest BCUT2D eigenvalue weighted by Crippen LogP contribution is -2.37. The molecular weight excluding hydrogens is 362 g/mol. The molecule has 2 aromatic rings. The van der Waals surface area contributed by atoms with Gasteiger partial charge < -0.3 is 15.0 Å². The Kier molecular flexibility index (Phi) is 6.58. The Labute approximate surface area is 166 Å². The number of rotatable bonds is 7. The summed E-state index contributed by atoms with van der Waals surface area (Å²) in [5.41, 5.74) is 10.4. The van der Waals surface area contributed by atoms with Crippen LogP contribution in [-0.2, 0) is 17.7 Å². The molecule has 5 nitrogen and oxygen atoms in total. The molecule has 0 unspecified atom stereocenters. The number of benzene rings is 1. The van der Waals surface area contributed by atoms with Crippen molar-refractivity contribution in [2.75, 3.05) is 32.8 Å². The molecule has 0 radical (unpaired) electrons. The van der Waals surface area contributed by atoms with E-state index < -0.39 is 0 Å². The van der Waals surface area contributed by atoms with Crippen LogP contribution in [0.4, 0.5) is 0 Å². The lowest BCUT2D eigenvalue weighted by Gasteiger charge is -2.26. The van der Waals surface area contributed by atoms with Crippen LogP contribution in [0.5, 0.6) is 0 Å². The summed E-state index contributed by atoms with van der Waals surface area (Å²) in [6, 6.07) is 7.62. The number of morpholine rings is 1. The van der Waals surface area contributed by atoms with Gasteiger partial charge in [0.25, 0.3) is 5.91 Å². The molecule has 146 valence electrons. The topological polar surface area (TPSA) is 60.5 Å². The van der Waals surface area contributed by atoms with Crippen molar-refractivity contribution in [3.63, 3.8) is 0 Å². The molecule has 1 fully saturated rings. The summed E-state index contributed by atoms with van der Waals surface area (Å²) < 4.78 is 7.68. The zero-order chi connectivity index (χ0) is 19.4. The van der Waals surface area contributed by atoms with E-state index >= 15 is 0 Å². The van der Waals surface area contributed by atoms with Gasteiger partial charge in [-0.1, -0.05) is 30.7 Å². The molecule has 3 rings (SSSR count). The average Bonchev–Trinajstić information content (AvgIpc) is 2.95. The molecule has 0 atom stereocenters. The van der Waals surface area contributed by atoms with Crippen LogP contribution >= 0.6 is 11.6 Å². The molecule has 27 heavy (non-hydrogen) atoms. The van der Waals surface area contributed by atoms with Crippen LogP contribution in [0.3, 0.4) is 0 Å². The second-order valence-corrected chi connectivity index (χ2v) is 7.40. The molecule has 2 heterocycles. The molecule has 6 heteroatoms. The third-order valence-electron chi connectivity index (χ3n) is 5.31. The summed E-state index contributed by atoms with van der Waals surface area (Å²) in [4.78, 5) is 14.7. The van der Waals surface area contributed by atoms with Crippen molar-refractivity contribution in [2.45, 2.75) is 33.2 Å². The first kappa shape index (κ1) is 19.9. The van der Waals surface area contributed by atoms with E-state index in [9.17, 15) is 4.79 Å². The third kappa shape index (κ3) is 4.37. The number of amides is 1. The van der Waals surface area contributed by atoms with Crippen molar-refractivity contribution in [1.82, 2.24) is 9.47 Å². The molecular formula is C21H28ClN3O2. The Morgan fingerprint density at radius 3 is 2.44 bits per heavy atom. The van der Waals surface area contributed by atoms with E-state index in [2.05, 4.69) is 16.4 Å². The standard InChI is InChI=1S/C21H28ClN3O2/c1-3-18-20(16-5-7-17(22)8-6-16)19(21(23)26)15(2)25(18)10-4-9-24-11-13-27-14-12-24/h5-8H,3-4,9-14H2,1-2H3,(H2,23,26). The summed E-state index contributed by atoms with van der Waals surface area (Å²) in [6.45, 7) is 9.64. The fourth-order valence-electron chi connectivity index (χ4n) is 3.97. The Hall–Kier alpha value is -1.82. The zero-order valence-corrected chi connectivity index (χ0v) is 16.9. The molecule has 1 saturated heterocycles. The van der Waals surface area contributed by atoms with E-state index in [1.165, 1.54) is 0 Å². The third-order valence-corrected chi connectivity index (χ3v) is 5.56. The highest BCUT2D eigenvalue weighted by atomic mass is 35.5. The van der Waals surface area contributed by atoms with Crippen LogP contribution in [0.25, 0.3) is 11.1 Å². The minimum Gasteiger partial charge on any atom is -0.379 e. The largest absolute Gasteiger partial charge is 0.379 e. The highest BCUT2D eigenvalue weighted by molar-refractivity contribution is 6.30. The fraction of sp³-hybridized carbons (Fsp3) is 0.476. The number of hydrogen-bond acceptors (Lipinski definition) is 3. The molecule has 1 amide bonds. The van der Waals surface area contributed by atoms with Gasteiger partial charge in [-0.15, -0.1) is 0 Å². The quantitative estimate of drug-likeness (QED) is 0.788. The minimum atomic E-state index is -0.376. The highest BCUT2D eigenvalue weighted by Gasteiger charge is 2.24. The van der Waals surface area contributed by atoms with Crippen molar-refractivity contribution in [2.24, 2.45) is 5.73 Å². The second kappa shape index (κ2) is 8.91. The molecule has 1 aromatic carbocycles. The van der Waals surface area contributed by atoms with Gasteiger partial charge in [-0.05, 0) is 37.5 Å². The molecule has 0 bridgehead atoms. The first-order valence-corrected chi connectivity index (χ1v) is 9.98. The number of primary amides is 1. The molecule has 1 aromatic heterocycles. The summed E-state index contributed by atoms with van der Waals surface area (Å²) in [6.07, 6.45) is 1.87. The van der Waals surface area contributed by atoms with Gasteiger partial charge in [0.05, 0.1) is 18.8 Å². The molecule has 0 aliphatic carbocycles. The second-order valence-electron chi connectivity index (χ2n) is 6.97. The van der Waals surface area contributed by atoms with Crippen LogP contribution < -0.4 is 5.73 Å². The minimum absolute atomic E-state index is 0.376. The summed E-state index contributed by atoms with van der Waals surface area (Å²) in [5.74, 6) is -0.376. The van der Waals surface area contributed by atoms with Crippen LogP contribution in [0.2, 0.25) is 5.02 Å². The number of nitrogens with zero attached hydrogens (tertiary/aromatic N) is 2. The van der Waals surface area contributed by atoms with Crippen LogP contribution in [0.15, 0.2) is 24.3 Å². The van der Waals surface area contributed by atoms with Gasteiger partial charge in [-0.25, -0.2) is 0 Å². The Balaban J connectivity index is 1.90. The SMILES string of the molecule is CCc1c(-c2ccc(Cl)cc2)c(C(N)=O)c(C)n1CCCN1CCOCC1. The predicted molar refractivity (Wildman–Crippen MR) is 109 cm³/mol.